The van der Waals surface area contributed by atoms with E-state index in [0.29, 0.717) is 36.7 Å². The van der Waals surface area contributed by atoms with Gasteiger partial charge in [0.2, 0.25) is 0 Å². The lowest BCUT2D eigenvalue weighted by Crippen LogP contribution is -2.32. The average Bonchev–Trinajstić information content (AvgIpc) is 2.23. The highest BCUT2D eigenvalue weighted by atomic mass is 35.5. The average molecular weight is 229 g/mol. The van der Waals surface area contributed by atoms with Crippen molar-refractivity contribution in [3.05, 3.63) is 27.9 Å². The molecule has 15 heavy (non-hydrogen) atoms. The number of aliphatic hydroxyl groups excluding tert-OH is 1. The van der Waals surface area contributed by atoms with Crippen molar-refractivity contribution in [3.8, 4) is 0 Å². The minimum atomic E-state index is -0.600. The van der Waals surface area contributed by atoms with E-state index in [4.69, 9.17) is 11.6 Å². The van der Waals surface area contributed by atoms with Gasteiger partial charge in [-0.05, 0) is 19.3 Å². The van der Waals surface area contributed by atoms with Crippen LogP contribution in [0, 0.1) is 0 Å². The van der Waals surface area contributed by atoms with Crippen molar-refractivity contribution >= 4 is 11.6 Å². The fraction of sp³-hybridized carbons (Fsp3) is 0.600. The third kappa shape index (κ3) is 1.92. The van der Waals surface area contributed by atoms with E-state index < -0.39 is 6.10 Å². The minimum absolute atomic E-state index is 0.0561. The van der Waals surface area contributed by atoms with Crippen LogP contribution in [0.25, 0.3) is 0 Å². The van der Waals surface area contributed by atoms with E-state index >= 15 is 0 Å². The first-order chi connectivity index (χ1) is 7.24. The predicted octanol–water partition coefficient (Wildman–Crippen LogP) is 0.852. The van der Waals surface area contributed by atoms with Crippen LogP contribution in [0.2, 0.25) is 0 Å². The molecule has 2 heterocycles. The monoisotopic (exact) mass is 228 g/mol. The summed E-state index contributed by atoms with van der Waals surface area (Å²) in [5.74, 6) is 0.906. The molecule has 0 unspecified atom stereocenters. The molecule has 1 aliphatic rings. The molecule has 0 saturated carbocycles. The first-order valence-electron chi connectivity index (χ1n) is 5.06. The highest BCUT2D eigenvalue weighted by Crippen LogP contribution is 2.20. The summed E-state index contributed by atoms with van der Waals surface area (Å²) in [6, 6.07) is 0. The maximum absolute atomic E-state index is 11.9. The summed E-state index contributed by atoms with van der Waals surface area (Å²) in [6.45, 7) is 0.647. The Kier molecular flexibility index (Phi) is 3.07. The number of aromatic nitrogens is 2. The molecule has 0 radical (unpaired) electrons. The number of aryl methyl sites for hydroxylation is 1. The molecule has 0 spiro atoms. The molecule has 1 aliphatic heterocycles. The van der Waals surface area contributed by atoms with E-state index in [0.717, 1.165) is 6.42 Å². The number of hydrogen-bond acceptors (Lipinski definition) is 3. The van der Waals surface area contributed by atoms with Gasteiger partial charge in [-0.3, -0.25) is 9.36 Å². The van der Waals surface area contributed by atoms with Gasteiger partial charge >= 0.3 is 0 Å². The van der Waals surface area contributed by atoms with Gasteiger partial charge in [0.05, 0.1) is 0 Å². The fourth-order valence-electron chi connectivity index (χ4n) is 1.87. The Labute approximate surface area is 92.5 Å². The zero-order chi connectivity index (χ0) is 10.8. The number of halogens is 1. The van der Waals surface area contributed by atoms with Crippen LogP contribution in [0.15, 0.2) is 11.0 Å². The van der Waals surface area contributed by atoms with Gasteiger partial charge in [-0.15, -0.1) is 11.6 Å². The van der Waals surface area contributed by atoms with E-state index in [1.54, 1.807) is 4.57 Å². The Morgan fingerprint density at radius 1 is 1.67 bits per heavy atom. The second kappa shape index (κ2) is 4.33. The summed E-state index contributed by atoms with van der Waals surface area (Å²) in [5.41, 5.74) is 0.572. The maximum atomic E-state index is 11.9. The Hall–Kier alpha value is -0.870. The molecule has 1 atom stereocenters. The smallest absolute Gasteiger partial charge is 0.256 e. The molecule has 0 aliphatic carbocycles. The van der Waals surface area contributed by atoms with Gasteiger partial charge < -0.3 is 5.11 Å². The fourth-order valence-corrected chi connectivity index (χ4v) is 2.08. The molecule has 0 saturated heterocycles. The van der Waals surface area contributed by atoms with Crippen LogP contribution >= 0.6 is 11.6 Å². The third-order valence-corrected chi connectivity index (χ3v) is 2.86. The molecule has 82 valence electrons. The number of alkyl halides is 1. The zero-order valence-corrected chi connectivity index (χ0v) is 9.07. The van der Waals surface area contributed by atoms with Gasteiger partial charge in [-0.1, -0.05) is 0 Å². The van der Waals surface area contributed by atoms with E-state index in [1.807, 2.05) is 0 Å². The molecule has 5 heteroatoms. The van der Waals surface area contributed by atoms with E-state index in [-0.39, 0.29) is 5.56 Å². The Balaban J connectivity index is 2.47. The summed E-state index contributed by atoms with van der Waals surface area (Å²) >= 11 is 5.59. The highest BCUT2D eigenvalue weighted by molar-refractivity contribution is 6.17. The van der Waals surface area contributed by atoms with Crippen LogP contribution in [0.1, 0.15) is 30.3 Å². The molecular weight excluding hydrogens is 216 g/mol. The summed E-state index contributed by atoms with van der Waals surface area (Å²) in [7, 11) is 0. The van der Waals surface area contributed by atoms with Crippen LogP contribution in [-0.4, -0.2) is 20.5 Å². The van der Waals surface area contributed by atoms with Crippen molar-refractivity contribution in [2.45, 2.75) is 31.9 Å². The number of nitrogens with zero attached hydrogens (tertiary/aromatic N) is 2. The van der Waals surface area contributed by atoms with Gasteiger partial charge in [0.15, 0.2) is 0 Å². The zero-order valence-electron chi connectivity index (χ0n) is 8.32. The van der Waals surface area contributed by atoms with Crippen LogP contribution < -0.4 is 5.56 Å². The standard InChI is InChI=1S/C10H13ClN2O2/c11-4-3-7-6-12-9-8(14)2-1-5-13(9)10(7)15/h6,8,14H,1-5H2/t8-/m0/s1. The van der Waals surface area contributed by atoms with E-state index in [1.165, 1.54) is 6.20 Å². The molecule has 1 aromatic heterocycles. The van der Waals surface area contributed by atoms with Crippen molar-refractivity contribution in [2.24, 2.45) is 0 Å². The molecule has 4 nitrogen and oxygen atoms in total. The first kappa shape index (κ1) is 10.6. The number of hydrogen-bond donors (Lipinski definition) is 1. The summed E-state index contributed by atoms with van der Waals surface area (Å²) in [5, 5.41) is 9.66. The molecule has 1 aromatic rings. The number of fused-ring (bicyclic) bond motifs is 1. The largest absolute Gasteiger partial charge is 0.385 e. The van der Waals surface area contributed by atoms with Crippen LogP contribution in [0.3, 0.4) is 0 Å². The molecule has 1 N–H and O–H groups in total. The first-order valence-corrected chi connectivity index (χ1v) is 5.60. The van der Waals surface area contributed by atoms with Crippen molar-refractivity contribution < 1.29 is 5.11 Å². The Bertz CT molecular complexity index is 416. The van der Waals surface area contributed by atoms with Crippen molar-refractivity contribution in [2.75, 3.05) is 5.88 Å². The lowest BCUT2D eigenvalue weighted by atomic mass is 10.1. The van der Waals surface area contributed by atoms with Gasteiger partial charge in [-0.2, -0.15) is 0 Å². The second-order valence-electron chi connectivity index (χ2n) is 3.70. The molecule has 0 amide bonds. The van der Waals surface area contributed by atoms with Gasteiger partial charge in [0, 0.05) is 24.2 Å². The molecular formula is C10H13ClN2O2. The van der Waals surface area contributed by atoms with Crippen LogP contribution in [0.4, 0.5) is 0 Å². The second-order valence-corrected chi connectivity index (χ2v) is 4.07. The number of rotatable bonds is 2. The third-order valence-electron chi connectivity index (χ3n) is 2.67. The Morgan fingerprint density at radius 2 is 2.47 bits per heavy atom. The molecule has 0 fully saturated rings. The number of aliphatic hydroxyl groups is 1. The molecule has 2 rings (SSSR count). The normalized spacial score (nSPS) is 20.0. The summed E-state index contributed by atoms with van der Waals surface area (Å²) in [6.07, 6.45) is 2.97. The van der Waals surface area contributed by atoms with E-state index in [9.17, 15) is 9.90 Å². The lowest BCUT2D eigenvalue weighted by Gasteiger charge is -2.22. The van der Waals surface area contributed by atoms with Crippen LogP contribution in [-0.2, 0) is 13.0 Å². The van der Waals surface area contributed by atoms with Gasteiger partial charge in [0.1, 0.15) is 11.9 Å². The van der Waals surface area contributed by atoms with Crippen molar-refractivity contribution in [3.63, 3.8) is 0 Å². The molecule has 0 bridgehead atoms. The van der Waals surface area contributed by atoms with Crippen molar-refractivity contribution in [1.29, 1.82) is 0 Å². The van der Waals surface area contributed by atoms with Crippen molar-refractivity contribution in [1.82, 2.24) is 9.55 Å². The Morgan fingerprint density at radius 3 is 3.20 bits per heavy atom. The topological polar surface area (TPSA) is 55.1 Å². The maximum Gasteiger partial charge on any atom is 0.256 e. The lowest BCUT2D eigenvalue weighted by molar-refractivity contribution is 0.130. The molecule has 0 aromatic carbocycles. The highest BCUT2D eigenvalue weighted by Gasteiger charge is 2.21. The minimum Gasteiger partial charge on any atom is -0.385 e. The van der Waals surface area contributed by atoms with Gasteiger partial charge in [-0.25, -0.2) is 4.98 Å². The van der Waals surface area contributed by atoms with Gasteiger partial charge in [0.25, 0.3) is 5.56 Å². The summed E-state index contributed by atoms with van der Waals surface area (Å²) < 4.78 is 1.57. The van der Waals surface area contributed by atoms with Crippen LogP contribution in [0.5, 0.6) is 0 Å². The summed E-state index contributed by atoms with van der Waals surface area (Å²) in [4.78, 5) is 16.0. The predicted molar refractivity (Wildman–Crippen MR) is 57.1 cm³/mol. The van der Waals surface area contributed by atoms with E-state index in [2.05, 4.69) is 4.98 Å². The quantitative estimate of drug-likeness (QED) is 0.764. The SMILES string of the molecule is O=c1c(CCCl)cnc2n1CCC[C@@H]2O.